The number of imide groups is 1. The maximum absolute atomic E-state index is 12.7. The first-order chi connectivity index (χ1) is 15.1. The third kappa shape index (κ3) is 4.16. The molecule has 4 rings (SSSR count). The highest BCUT2D eigenvalue weighted by molar-refractivity contribution is 6.21. The fourth-order valence-corrected chi connectivity index (χ4v) is 3.38. The van der Waals surface area contributed by atoms with Gasteiger partial charge < -0.3 is 9.47 Å². The van der Waals surface area contributed by atoms with Crippen LogP contribution >= 0.6 is 0 Å². The van der Waals surface area contributed by atoms with Crippen LogP contribution < -0.4 is 4.74 Å². The Morgan fingerprint density at radius 2 is 1.68 bits per heavy atom. The molecule has 7 heteroatoms. The predicted octanol–water partition coefficient (Wildman–Crippen LogP) is 3.63. The number of carbonyl (C=O) groups excluding carboxylic acids is 3. The van der Waals surface area contributed by atoms with E-state index in [1.165, 1.54) is 4.90 Å². The Kier molecular flexibility index (Phi) is 5.75. The molecule has 0 aliphatic carbocycles. The lowest BCUT2D eigenvalue weighted by Gasteiger charge is -2.16. The first-order valence-electron chi connectivity index (χ1n) is 9.86. The van der Waals surface area contributed by atoms with Crippen molar-refractivity contribution in [1.82, 2.24) is 9.88 Å². The van der Waals surface area contributed by atoms with E-state index in [-0.39, 0.29) is 30.5 Å². The van der Waals surface area contributed by atoms with E-state index in [1.807, 2.05) is 13.0 Å². The Hall–Kier alpha value is -4.00. The first kappa shape index (κ1) is 20.3. The molecule has 0 atom stereocenters. The van der Waals surface area contributed by atoms with Crippen LogP contribution in [0.2, 0.25) is 0 Å². The van der Waals surface area contributed by atoms with Crippen LogP contribution in [0, 0.1) is 0 Å². The van der Waals surface area contributed by atoms with E-state index < -0.39 is 5.97 Å². The molecule has 0 spiro atoms. The van der Waals surface area contributed by atoms with Crippen LogP contribution in [0.25, 0.3) is 0 Å². The Balaban J connectivity index is 1.55. The Labute approximate surface area is 179 Å². The molecular formula is C24H20N2O5. The number of ether oxygens (including phenoxy) is 2. The van der Waals surface area contributed by atoms with E-state index in [1.54, 1.807) is 60.8 Å². The van der Waals surface area contributed by atoms with Crippen LogP contribution in [0.15, 0.2) is 66.9 Å². The van der Waals surface area contributed by atoms with E-state index in [0.717, 1.165) is 0 Å². The van der Waals surface area contributed by atoms with Gasteiger partial charge in [0, 0.05) is 6.20 Å². The van der Waals surface area contributed by atoms with Crippen molar-refractivity contribution in [3.05, 3.63) is 94.8 Å². The molecule has 0 saturated heterocycles. The summed E-state index contributed by atoms with van der Waals surface area (Å²) in [6.45, 7) is 2.25. The third-order valence-corrected chi connectivity index (χ3v) is 4.86. The molecule has 0 saturated carbocycles. The van der Waals surface area contributed by atoms with E-state index in [2.05, 4.69) is 4.98 Å². The summed E-state index contributed by atoms with van der Waals surface area (Å²) in [7, 11) is 0. The number of rotatable bonds is 7. The molecular weight excluding hydrogens is 396 g/mol. The van der Waals surface area contributed by atoms with Gasteiger partial charge in [0.05, 0.1) is 30.0 Å². The van der Waals surface area contributed by atoms with Crippen LogP contribution in [0.3, 0.4) is 0 Å². The molecule has 2 aromatic carbocycles. The molecule has 2 amide bonds. The average molecular weight is 416 g/mol. The highest BCUT2D eigenvalue weighted by Crippen LogP contribution is 2.27. The monoisotopic (exact) mass is 416 g/mol. The topological polar surface area (TPSA) is 85.8 Å². The van der Waals surface area contributed by atoms with Crippen molar-refractivity contribution in [2.45, 2.75) is 20.1 Å². The van der Waals surface area contributed by atoms with Crippen LogP contribution in [-0.4, -0.2) is 34.3 Å². The zero-order valence-electron chi connectivity index (χ0n) is 16.9. The van der Waals surface area contributed by atoms with Crippen LogP contribution in [0.4, 0.5) is 0 Å². The van der Waals surface area contributed by atoms with E-state index >= 15 is 0 Å². The number of esters is 1. The number of amides is 2. The number of benzene rings is 2. The third-order valence-electron chi connectivity index (χ3n) is 4.86. The standard InChI is InChI=1S/C24H20N2O5/c1-2-30-21-11-10-16(13-20(21)24(29)31-15-17-7-5-6-12-25-17)14-26-22(27)18-8-3-4-9-19(18)23(26)28/h3-13H,2,14-15H2,1H3. The fraction of sp³-hybridized carbons (Fsp3) is 0.167. The summed E-state index contributed by atoms with van der Waals surface area (Å²) in [6, 6.07) is 17.0. The summed E-state index contributed by atoms with van der Waals surface area (Å²) in [6.07, 6.45) is 1.62. The second kappa shape index (κ2) is 8.79. The second-order valence-electron chi connectivity index (χ2n) is 6.90. The van der Waals surface area contributed by atoms with Gasteiger partial charge in [-0.15, -0.1) is 0 Å². The number of hydrogen-bond acceptors (Lipinski definition) is 6. The zero-order valence-corrected chi connectivity index (χ0v) is 16.9. The molecule has 0 N–H and O–H groups in total. The summed E-state index contributed by atoms with van der Waals surface area (Å²) >= 11 is 0. The Bertz CT molecular complexity index is 1110. The number of hydrogen-bond donors (Lipinski definition) is 0. The van der Waals surface area contributed by atoms with Crippen molar-refractivity contribution in [3.8, 4) is 5.75 Å². The lowest BCUT2D eigenvalue weighted by atomic mass is 10.1. The average Bonchev–Trinajstić information content (AvgIpc) is 3.04. The Morgan fingerprint density at radius 3 is 2.32 bits per heavy atom. The van der Waals surface area contributed by atoms with Gasteiger partial charge in [-0.2, -0.15) is 0 Å². The van der Waals surface area contributed by atoms with Gasteiger partial charge >= 0.3 is 5.97 Å². The van der Waals surface area contributed by atoms with Crippen molar-refractivity contribution in [2.75, 3.05) is 6.61 Å². The van der Waals surface area contributed by atoms with Crippen molar-refractivity contribution < 1.29 is 23.9 Å². The SMILES string of the molecule is CCOc1ccc(CN2C(=O)c3ccccc3C2=O)cc1C(=O)OCc1ccccn1. The number of carbonyl (C=O) groups is 3. The molecule has 1 aliphatic rings. The van der Waals surface area contributed by atoms with E-state index in [4.69, 9.17) is 9.47 Å². The first-order valence-corrected chi connectivity index (χ1v) is 9.86. The van der Waals surface area contributed by atoms with Gasteiger partial charge in [-0.25, -0.2) is 4.79 Å². The van der Waals surface area contributed by atoms with Crippen molar-refractivity contribution in [3.63, 3.8) is 0 Å². The minimum Gasteiger partial charge on any atom is -0.493 e. The minimum absolute atomic E-state index is 0.0217. The second-order valence-corrected chi connectivity index (χ2v) is 6.90. The van der Waals surface area contributed by atoms with Crippen molar-refractivity contribution >= 4 is 17.8 Å². The molecule has 156 valence electrons. The van der Waals surface area contributed by atoms with Crippen molar-refractivity contribution in [1.29, 1.82) is 0 Å². The van der Waals surface area contributed by atoms with Crippen molar-refractivity contribution in [2.24, 2.45) is 0 Å². The highest BCUT2D eigenvalue weighted by atomic mass is 16.5. The molecule has 0 fully saturated rings. The summed E-state index contributed by atoms with van der Waals surface area (Å²) in [5, 5.41) is 0. The van der Waals surface area contributed by atoms with E-state index in [9.17, 15) is 14.4 Å². The molecule has 0 radical (unpaired) electrons. The van der Waals surface area contributed by atoms with Crippen LogP contribution in [0.5, 0.6) is 5.75 Å². The maximum atomic E-state index is 12.7. The molecule has 31 heavy (non-hydrogen) atoms. The molecule has 0 bridgehead atoms. The zero-order chi connectivity index (χ0) is 21.8. The largest absolute Gasteiger partial charge is 0.493 e. The van der Waals surface area contributed by atoms with Gasteiger partial charge in [0.25, 0.3) is 11.8 Å². The van der Waals surface area contributed by atoms with Gasteiger partial charge in [-0.3, -0.25) is 19.5 Å². The van der Waals surface area contributed by atoms with Gasteiger partial charge in [-0.05, 0) is 48.9 Å². The van der Waals surface area contributed by atoms with Gasteiger partial charge in [0.15, 0.2) is 0 Å². The summed E-state index contributed by atoms with van der Waals surface area (Å²) < 4.78 is 11.0. The quantitative estimate of drug-likeness (QED) is 0.432. The Morgan fingerprint density at radius 1 is 0.968 bits per heavy atom. The number of aromatic nitrogens is 1. The molecule has 7 nitrogen and oxygen atoms in total. The molecule has 2 heterocycles. The van der Waals surface area contributed by atoms with Crippen LogP contribution in [0.1, 0.15) is 49.3 Å². The predicted molar refractivity (Wildman–Crippen MR) is 112 cm³/mol. The smallest absolute Gasteiger partial charge is 0.342 e. The van der Waals surface area contributed by atoms with Crippen LogP contribution in [-0.2, 0) is 17.9 Å². The fourth-order valence-electron chi connectivity index (χ4n) is 3.38. The summed E-state index contributed by atoms with van der Waals surface area (Å²) in [5.74, 6) is -0.902. The van der Waals surface area contributed by atoms with Gasteiger partial charge in [-0.1, -0.05) is 24.3 Å². The molecule has 3 aromatic rings. The molecule has 0 unspecified atom stereocenters. The number of pyridine rings is 1. The normalized spacial score (nSPS) is 12.6. The lowest BCUT2D eigenvalue weighted by Crippen LogP contribution is -2.29. The molecule has 1 aromatic heterocycles. The molecule has 1 aliphatic heterocycles. The minimum atomic E-state index is -0.571. The maximum Gasteiger partial charge on any atom is 0.342 e. The summed E-state index contributed by atoms with van der Waals surface area (Å²) in [4.78, 5) is 43.3. The lowest BCUT2D eigenvalue weighted by molar-refractivity contribution is 0.0463. The summed E-state index contributed by atoms with van der Waals surface area (Å²) in [5.41, 5.74) is 2.23. The number of fused-ring (bicyclic) bond motifs is 1. The van der Waals surface area contributed by atoms with Gasteiger partial charge in [0.2, 0.25) is 0 Å². The van der Waals surface area contributed by atoms with E-state index in [0.29, 0.717) is 34.7 Å². The highest BCUT2D eigenvalue weighted by Gasteiger charge is 2.35. The van der Waals surface area contributed by atoms with Gasteiger partial charge in [0.1, 0.15) is 17.9 Å². The number of nitrogens with zero attached hydrogens (tertiary/aromatic N) is 2.